The molecule has 5 nitrogen and oxygen atoms in total. The lowest BCUT2D eigenvalue weighted by Crippen LogP contribution is -2.42. The number of carbonyl (C=O) groups is 1. The second-order valence-corrected chi connectivity index (χ2v) is 10.1. The number of amides is 1. The first-order valence-electron chi connectivity index (χ1n) is 7.61. The van der Waals surface area contributed by atoms with Gasteiger partial charge in [0.2, 0.25) is 15.9 Å². The number of thioether (sulfide) groups is 1. The van der Waals surface area contributed by atoms with E-state index < -0.39 is 10.0 Å². The molecule has 0 radical (unpaired) electrons. The predicted octanol–water partition coefficient (Wildman–Crippen LogP) is 1.31. The van der Waals surface area contributed by atoms with Gasteiger partial charge in [0, 0.05) is 37.6 Å². The van der Waals surface area contributed by atoms with Crippen molar-refractivity contribution in [1.82, 2.24) is 9.62 Å². The highest BCUT2D eigenvalue weighted by Gasteiger charge is 2.36. The molecule has 0 aromatic carbocycles. The average Bonchev–Trinajstić information content (AvgIpc) is 2.37. The quantitative estimate of drug-likeness (QED) is 0.795. The summed E-state index contributed by atoms with van der Waals surface area (Å²) in [4.78, 5) is 11.8. The average molecular weight is 335 g/mol. The minimum Gasteiger partial charge on any atom is -0.355 e. The van der Waals surface area contributed by atoms with E-state index in [1.807, 2.05) is 0 Å². The Morgan fingerprint density at radius 2 is 1.90 bits per heavy atom. The van der Waals surface area contributed by atoms with Crippen LogP contribution in [0.1, 0.15) is 33.1 Å². The van der Waals surface area contributed by atoms with Gasteiger partial charge >= 0.3 is 0 Å². The van der Waals surface area contributed by atoms with E-state index in [1.54, 1.807) is 16.1 Å². The van der Waals surface area contributed by atoms with Crippen molar-refractivity contribution in [3.8, 4) is 0 Å². The van der Waals surface area contributed by atoms with Gasteiger partial charge in [0.05, 0.1) is 5.75 Å². The van der Waals surface area contributed by atoms with Gasteiger partial charge in [-0.25, -0.2) is 12.7 Å². The molecular formula is C14H26N2O3S2. The van der Waals surface area contributed by atoms with Crippen LogP contribution in [-0.2, 0) is 14.8 Å². The lowest BCUT2D eigenvalue weighted by Gasteiger charge is -2.42. The van der Waals surface area contributed by atoms with Gasteiger partial charge in [-0.3, -0.25) is 4.79 Å². The zero-order valence-corrected chi connectivity index (χ0v) is 14.6. The third-order valence-corrected chi connectivity index (χ3v) is 7.02. The smallest absolute Gasteiger partial charge is 0.220 e. The second kappa shape index (κ2) is 6.87. The Morgan fingerprint density at radius 3 is 2.48 bits per heavy atom. The number of nitrogens with zero attached hydrogens (tertiary/aromatic N) is 1. The Hall–Kier alpha value is -0.270. The SMILES string of the molecule is CC1(C)CC(CC(=O)NCCS(=O)(=O)N2CCSCC2)C1. The number of carbonyl (C=O) groups excluding carboxylic acids is 1. The molecule has 1 aliphatic carbocycles. The van der Waals surface area contributed by atoms with Gasteiger partial charge < -0.3 is 5.32 Å². The minimum atomic E-state index is -3.21. The summed E-state index contributed by atoms with van der Waals surface area (Å²) in [5.74, 6) is 2.20. The lowest BCUT2D eigenvalue weighted by molar-refractivity contribution is -0.123. The first-order chi connectivity index (χ1) is 9.78. The molecule has 1 amide bonds. The highest BCUT2D eigenvalue weighted by molar-refractivity contribution is 7.99. The molecule has 0 bridgehead atoms. The Balaban J connectivity index is 1.65. The highest BCUT2D eigenvalue weighted by Crippen LogP contribution is 2.46. The van der Waals surface area contributed by atoms with Crippen LogP contribution in [0.4, 0.5) is 0 Å². The molecule has 1 saturated heterocycles. The van der Waals surface area contributed by atoms with Crippen molar-refractivity contribution in [2.24, 2.45) is 11.3 Å². The molecule has 1 saturated carbocycles. The maximum Gasteiger partial charge on any atom is 0.220 e. The Bertz CT molecular complexity index is 463. The molecule has 21 heavy (non-hydrogen) atoms. The van der Waals surface area contributed by atoms with E-state index in [9.17, 15) is 13.2 Å². The van der Waals surface area contributed by atoms with Crippen molar-refractivity contribution in [3.63, 3.8) is 0 Å². The first kappa shape index (κ1) is 17.1. The molecule has 0 unspecified atom stereocenters. The Morgan fingerprint density at radius 1 is 1.29 bits per heavy atom. The van der Waals surface area contributed by atoms with E-state index in [2.05, 4.69) is 19.2 Å². The lowest BCUT2D eigenvalue weighted by atomic mass is 9.63. The summed E-state index contributed by atoms with van der Waals surface area (Å²) in [6.45, 7) is 5.84. The maximum absolute atomic E-state index is 12.1. The van der Waals surface area contributed by atoms with Gasteiger partial charge in [0.15, 0.2) is 0 Å². The van der Waals surface area contributed by atoms with E-state index in [0.717, 1.165) is 24.3 Å². The van der Waals surface area contributed by atoms with Crippen molar-refractivity contribution in [2.75, 3.05) is 36.9 Å². The number of hydrogen-bond acceptors (Lipinski definition) is 4. The van der Waals surface area contributed by atoms with E-state index in [1.165, 1.54) is 0 Å². The molecule has 0 atom stereocenters. The summed E-state index contributed by atoms with van der Waals surface area (Å²) in [5, 5.41) is 2.75. The van der Waals surface area contributed by atoms with Crippen LogP contribution in [-0.4, -0.2) is 55.5 Å². The summed E-state index contributed by atoms with van der Waals surface area (Å²) in [5.41, 5.74) is 0.376. The van der Waals surface area contributed by atoms with Crippen LogP contribution in [0.15, 0.2) is 0 Å². The number of nitrogens with one attached hydrogen (secondary N) is 1. The fourth-order valence-corrected chi connectivity index (χ4v) is 5.75. The van der Waals surface area contributed by atoms with E-state index >= 15 is 0 Å². The van der Waals surface area contributed by atoms with Gasteiger partial charge in [-0.05, 0) is 24.2 Å². The second-order valence-electron chi connectivity index (χ2n) is 6.82. The van der Waals surface area contributed by atoms with Crippen LogP contribution in [0.5, 0.6) is 0 Å². The Kier molecular flexibility index (Phi) is 5.59. The number of rotatable bonds is 6. The molecule has 2 fully saturated rings. The van der Waals surface area contributed by atoms with Crippen LogP contribution < -0.4 is 5.32 Å². The van der Waals surface area contributed by atoms with E-state index in [0.29, 0.717) is 30.8 Å². The van der Waals surface area contributed by atoms with Crippen LogP contribution in [0.2, 0.25) is 0 Å². The normalized spacial score (nSPS) is 23.5. The molecule has 1 N–H and O–H groups in total. The van der Waals surface area contributed by atoms with Gasteiger partial charge in [0.1, 0.15) is 0 Å². The minimum absolute atomic E-state index is 0.0135. The van der Waals surface area contributed by atoms with Crippen LogP contribution in [0.3, 0.4) is 0 Å². The van der Waals surface area contributed by atoms with Gasteiger partial charge in [0.25, 0.3) is 0 Å². The molecule has 1 heterocycles. The predicted molar refractivity (Wildman–Crippen MR) is 86.8 cm³/mol. The molecule has 0 aromatic rings. The molecule has 0 spiro atoms. The van der Waals surface area contributed by atoms with Gasteiger partial charge in [-0.1, -0.05) is 13.8 Å². The standard InChI is InChI=1S/C14H26N2O3S2/c1-14(2)10-12(11-14)9-13(17)15-3-8-21(18,19)16-4-6-20-7-5-16/h12H,3-11H2,1-2H3,(H,15,17). The van der Waals surface area contributed by atoms with Crippen molar-refractivity contribution < 1.29 is 13.2 Å². The summed E-state index contributed by atoms with van der Waals surface area (Å²) in [7, 11) is -3.21. The monoisotopic (exact) mass is 334 g/mol. The largest absolute Gasteiger partial charge is 0.355 e. The third-order valence-electron chi connectivity index (χ3n) is 4.20. The van der Waals surface area contributed by atoms with Crippen molar-refractivity contribution in [2.45, 2.75) is 33.1 Å². The van der Waals surface area contributed by atoms with Gasteiger partial charge in [-0.15, -0.1) is 0 Å². The molecule has 2 rings (SSSR count). The molecule has 2 aliphatic rings. The molecule has 1 aliphatic heterocycles. The molecule has 122 valence electrons. The van der Waals surface area contributed by atoms with Crippen molar-refractivity contribution >= 4 is 27.7 Å². The molecular weight excluding hydrogens is 308 g/mol. The molecule has 7 heteroatoms. The summed E-state index contributed by atoms with van der Waals surface area (Å²) < 4.78 is 25.8. The third kappa shape index (κ3) is 5.14. The Labute approximate surface area is 132 Å². The van der Waals surface area contributed by atoms with E-state index in [-0.39, 0.29) is 18.2 Å². The fourth-order valence-electron chi connectivity index (χ4n) is 3.26. The zero-order valence-electron chi connectivity index (χ0n) is 12.9. The number of sulfonamides is 1. The topological polar surface area (TPSA) is 66.5 Å². The van der Waals surface area contributed by atoms with Crippen LogP contribution >= 0.6 is 11.8 Å². The fraction of sp³-hybridized carbons (Fsp3) is 0.929. The molecule has 0 aromatic heterocycles. The van der Waals surface area contributed by atoms with Crippen LogP contribution in [0, 0.1) is 11.3 Å². The van der Waals surface area contributed by atoms with E-state index in [4.69, 9.17) is 0 Å². The maximum atomic E-state index is 12.1. The van der Waals surface area contributed by atoms with Crippen LogP contribution in [0.25, 0.3) is 0 Å². The summed E-state index contributed by atoms with van der Waals surface area (Å²) in [6.07, 6.45) is 2.71. The highest BCUT2D eigenvalue weighted by atomic mass is 32.2. The number of hydrogen-bond donors (Lipinski definition) is 1. The van der Waals surface area contributed by atoms with Gasteiger partial charge in [-0.2, -0.15) is 11.8 Å². The summed E-state index contributed by atoms with van der Waals surface area (Å²) >= 11 is 1.78. The van der Waals surface area contributed by atoms with Crippen molar-refractivity contribution in [1.29, 1.82) is 0 Å². The zero-order chi connectivity index (χ0) is 15.5. The first-order valence-corrected chi connectivity index (χ1v) is 10.4. The summed E-state index contributed by atoms with van der Waals surface area (Å²) in [6, 6.07) is 0. The van der Waals surface area contributed by atoms with Crippen molar-refractivity contribution in [3.05, 3.63) is 0 Å².